The Morgan fingerprint density at radius 2 is 1.88 bits per heavy atom. The van der Waals surface area contributed by atoms with Gasteiger partial charge in [-0.1, -0.05) is 24.3 Å². The second-order valence-electron chi connectivity index (χ2n) is 6.29. The van der Waals surface area contributed by atoms with Crippen LogP contribution in [-0.2, 0) is 4.74 Å². The maximum atomic E-state index is 12.2. The van der Waals surface area contributed by atoms with E-state index in [1.54, 1.807) is 12.1 Å². The summed E-state index contributed by atoms with van der Waals surface area (Å²) >= 11 is 0. The first kappa shape index (κ1) is 15.7. The molecule has 0 aliphatic carbocycles. The summed E-state index contributed by atoms with van der Waals surface area (Å²) in [4.78, 5) is 12.2. The maximum Gasteiger partial charge on any atom is 0.267 e. The molecule has 0 saturated carbocycles. The van der Waals surface area contributed by atoms with Gasteiger partial charge in [0.15, 0.2) is 5.82 Å². The second-order valence-corrected chi connectivity index (χ2v) is 6.29. The molecule has 1 fully saturated rings. The van der Waals surface area contributed by atoms with Crippen molar-refractivity contribution < 1.29 is 4.74 Å². The molecule has 7 heteroatoms. The van der Waals surface area contributed by atoms with Crippen LogP contribution in [0.1, 0.15) is 17.4 Å². The van der Waals surface area contributed by atoms with E-state index in [4.69, 9.17) is 4.74 Å². The highest BCUT2D eigenvalue weighted by Crippen LogP contribution is 2.26. The Morgan fingerprint density at radius 1 is 1.08 bits per heavy atom. The van der Waals surface area contributed by atoms with Gasteiger partial charge in [-0.25, -0.2) is 4.68 Å². The highest BCUT2D eigenvalue weighted by molar-refractivity contribution is 5.92. The number of nitrogens with one attached hydrogen (secondary N) is 1. The smallest absolute Gasteiger partial charge is 0.267 e. The van der Waals surface area contributed by atoms with Crippen LogP contribution in [0.25, 0.3) is 10.8 Å². The van der Waals surface area contributed by atoms with Crippen molar-refractivity contribution in [1.29, 1.82) is 0 Å². The molecule has 128 valence electrons. The van der Waals surface area contributed by atoms with Gasteiger partial charge < -0.3 is 10.1 Å². The van der Waals surface area contributed by atoms with Crippen molar-refractivity contribution >= 4 is 16.6 Å². The van der Waals surface area contributed by atoms with E-state index in [0.717, 1.165) is 22.2 Å². The monoisotopic (exact) mass is 337 g/mol. The Kier molecular flexibility index (Phi) is 3.93. The molecular formula is C18H19N5O2. The van der Waals surface area contributed by atoms with E-state index in [1.165, 1.54) is 4.68 Å². The lowest BCUT2D eigenvalue weighted by molar-refractivity contribution is 0.182. The number of nitrogens with zero attached hydrogens (tertiary/aromatic N) is 4. The van der Waals surface area contributed by atoms with Crippen molar-refractivity contribution in [2.24, 2.45) is 0 Å². The minimum Gasteiger partial charge on any atom is -0.377 e. The molecule has 1 aliphatic rings. The summed E-state index contributed by atoms with van der Waals surface area (Å²) in [5, 5.41) is 18.4. The summed E-state index contributed by atoms with van der Waals surface area (Å²) in [6.07, 6.45) is 0. The van der Waals surface area contributed by atoms with Crippen LogP contribution in [0, 0.1) is 13.8 Å². The van der Waals surface area contributed by atoms with Crippen LogP contribution >= 0.6 is 0 Å². The fourth-order valence-electron chi connectivity index (χ4n) is 3.20. The molecule has 0 bridgehead atoms. The van der Waals surface area contributed by atoms with Crippen molar-refractivity contribution in [3.8, 4) is 0 Å². The molecule has 7 nitrogen and oxygen atoms in total. The van der Waals surface area contributed by atoms with Crippen LogP contribution in [0.2, 0.25) is 0 Å². The third-order valence-electron chi connectivity index (χ3n) is 4.52. The molecule has 0 amide bonds. The van der Waals surface area contributed by atoms with Crippen LogP contribution < -0.4 is 10.9 Å². The van der Waals surface area contributed by atoms with Gasteiger partial charge in [0.2, 0.25) is 0 Å². The standard InChI is InChI=1S/C18H19N5O2/c1-11-7-8-17(24)23(22-11)16-10-25-9-15(16)19-18-14-6-4-3-5-13(14)12(2)20-21-18/h3-8,15-16H,9-10H2,1-2H3,(H,19,21). The van der Waals surface area contributed by atoms with Gasteiger partial charge in [-0.3, -0.25) is 4.79 Å². The summed E-state index contributed by atoms with van der Waals surface area (Å²) < 4.78 is 7.12. The van der Waals surface area contributed by atoms with Crippen LogP contribution in [0.15, 0.2) is 41.2 Å². The Labute approximate surface area is 144 Å². The van der Waals surface area contributed by atoms with Crippen LogP contribution in [-0.4, -0.2) is 39.2 Å². The summed E-state index contributed by atoms with van der Waals surface area (Å²) in [6.45, 7) is 4.73. The Bertz CT molecular complexity index is 985. The van der Waals surface area contributed by atoms with Crippen molar-refractivity contribution in [2.45, 2.75) is 25.9 Å². The largest absolute Gasteiger partial charge is 0.377 e. The lowest BCUT2D eigenvalue weighted by Gasteiger charge is -2.21. The van der Waals surface area contributed by atoms with E-state index in [2.05, 4.69) is 20.6 Å². The van der Waals surface area contributed by atoms with Gasteiger partial charge in [-0.2, -0.15) is 10.2 Å². The molecule has 4 rings (SSSR count). The van der Waals surface area contributed by atoms with Crippen molar-refractivity contribution in [3.05, 3.63) is 58.1 Å². The number of ether oxygens (including phenoxy) is 1. The van der Waals surface area contributed by atoms with Crippen LogP contribution in [0.5, 0.6) is 0 Å². The van der Waals surface area contributed by atoms with E-state index in [9.17, 15) is 4.79 Å². The summed E-state index contributed by atoms with van der Waals surface area (Å²) in [5.41, 5.74) is 1.55. The SMILES string of the molecule is Cc1ccc(=O)n(C2COCC2Nc2nnc(C)c3ccccc23)n1. The van der Waals surface area contributed by atoms with E-state index in [0.29, 0.717) is 19.0 Å². The fraction of sp³-hybridized carbons (Fsp3) is 0.333. The molecule has 0 spiro atoms. The second kappa shape index (κ2) is 6.25. The number of hydrogen-bond acceptors (Lipinski definition) is 6. The average Bonchev–Trinajstić information content (AvgIpc) is 3.08. The van der Waals surface area contributed by atoms with Gasteiger partial charge in [0.05, 0.1) is 30.6 Å². The van der Waals surface area contributed by atoms with Gasteiger partial charge >= 0.3 is 0 Å². The minimum atomic E-state index is -0.186. The number of benzene rings is 1. The Morgan fingerprint density at radius 3 is 2.72 bits per heavy atom. The van der Waals surface area contributed by atoms with Crippen molar-refractivity contribution in [2.75, 3.05) is 18.5 Å². The number of aryl methyl sites for hydroxylation is 2. The molecule has 2 unspecified atom stereocenters. The molecular weight excluding hydrogens is 318 g/mol. The Hall–Kier alpha value is -2.80. The predicted molar refractivity (Wildman–Crippen MR) is 94.8 cm³/mol. The number of anilines is 1. The Balaban J connectivity index is 1.70. The maximum absolute atomic E-state index is 12.2. The molecule has 0 radical (unpaired) electrons. The highest BCUT2D eigenvalue weighted by atomic mass is 16.5. The third-order valence-corrected chi connectivity index (χ3v) is 4.52. The lowest BCUT2D eigenvalue weighted by Crippen LogP contribution is -2.37. The number of aromatic nitrogens is 4. The molecule has 1 saturated heterocycles. The van der Waals surface area contributed by atoms with Crippen molar-refractivity contribution in [3.63, 3.8) is 0 Å². The van der Waals surface area contributed by atoms with E-state index < -0.39 is 0 Å². The molecule has 2 aromatic heterocycles. The quantitative estimate of drug-likeness (QED) is 0.785. The van der Waals surface area contributed by atoms with Gasteiger partial charge in [0, 0.05) is 16.8 Å². The minimum absolute atomic E-state index is 0.104. The molecule has 1 N–H and O–H groups in total. The fourth-order valence-corrected chi connectivity index (χ4v) is 3.20. The summed E-state index contributed by atoms with van der Waals surface area (Å²) in [6, 6.07) is 11.0. The third kappa shape index (κ3) is 2.87. The summed E-state index contributed by atoms with van der Waals surface area (Å²) in [7, 11) is 0. The number of hydrogen-bond donors (Lipinski definition) is 1. The highest BCUT2D eigenvalue weighted by Gasteiger charge is 2.32. The van der Waals surface area contributed by atoms with Crippen molar-refractivity contribution in [1.82, 2.24) is 20.0 Å². The van der Waals surface area contributed by atoms with Gasteiger partial charge in [0.25, 0.3) is 5.56 Å². The average molecular weight is 337 g/mol. The number of rotatable bonds is 3. The van der Waals surface area contributed by atoms with E-state index in [-0.39, 0.29) is 17.6 Å². The molecule has 1 aliphatic heterocycles. The zero-order chi connectivity index (χ0) is 17.4. The predicted octanol–water partition coefficient (Wildman–Crippen LogP) is 1.86. The first-order valence-electron chi connectivity index (χ1n) is 8.26. The number of fused-ring (bicyclic) bond motifs is 1. The van der Waals surface area contributed by atoms with Gasteiger partial charge in [0.1, 0.15) is 6.04 Å². The molecule has 3 aromatic rings. The topological polar surface area (TPSA) is 81.9 Å². The van der Waals surface area contributed by atoms with E-state index >= 15 is 0 Å². The zero-order valence-electron chi connectivity index (χ0n) is 14.1. The molecule has 2 atom stereocenters. The van der Waals surface area contributed by atoms with Gasteiger partial charge in [-0.05, 0) is 19.9 Å². The zero-order valence-corrected chi connectivity index (χ0v) is 14.1. The first-order chi connectivity index (χ1) is 12.1. The summed E-state index contributed by atoms with van der Waals surface area (Å²) in [5.74, 6) is 0.697. The normalized spacial score (nSPS) is 20.1. The molecule has 1 aromatic carbocycles. The molecule has 25 heavy (non-hydrogen) atoms. The first-order valence-corrected chi connectivity index (χ1v) is 8.26. The van der Waals surface area contributed by atoms with Crippen LogP contribution in [0.3, 0.4) is 0 Å². The van der Waals surface area contributed by atoms with Gasteiger partial charge in [-0.15, -0.1) is 5.10 Å². The lowest BCUT2D eigenvalue weighted by atomic mass is 10.1. The molecule has 3 heterocycles. The van der Waals surface area contributed by atoms with E-state index in [1.807, 2.05) is 38.1 Å². The van der Waals surface area contributed by atoms with Crippen LogP contribution in [0.4, 0.5) is 5.82 Å².